The largest absolute Gasteiger partial charge is 0.593 e. The Morgan fingerprint density at radius 3 is 2.50 bits per heavy atom. The van der Waals surface area contributed by atoms with Gasteiger partial charge in [0.15, 0.2) is 5.82 Å². The van der Waals surface area contributed by atoms with Crippen LogP contribution in [-0.2, 0) is 11.4 Å². The van der Waals surface area contributed by atoms with E-state index in [0.717, 1.165) is 0 Å². The molecule has 0 unspecified atom stereocenters. The summed E-state index contributed by atoms with van der Waals surface area (Å²) in [5, 5.41) is 8.66. The highest BCUT2D eigenvalue weighted by molar-refractivity contribution is 7.94. The van der Waals surface area contributed by atoms with Gasteiger partial charge in [-0.25, -0.2) is 13.9 Å². The number of nitrogens with one attached hydrogen (secondary N) is 1. The van der Waals surface area contributed by atoms with Crippen LogP contribution in [0.4, 0.5) is 10.1 Å². The van der Waals surface area contributed by atoms with Gasteiger partial charge in [0, 0.05) is 0 Å². The Balaban J connectivity index is 3.18. The summed E-state index contributed by atoms with van der Waals surface area (Å²) in [7, 11) is 0. The minimum absolute atomic E-state index is 0.0577. The van der Waals surface area contributed by atoms with E-state index in [0.29, 0.717) is 0 Å². The first-order valence-corrected chi connectivity index (χ1v) is 6.57. The number of anilines is 1. The minimum Gasteiger partial charge on any atom is -0.593 e. The minimum atomic E-state index is -1.55. The molecular weight excluding hydrogens is 281 g/mol. The zero-order chi connectivity index (χ0) is 14.1. The van der Waals surface area contributed by atoms with Crippen LogP contribution in [0.15, 0.2) is 12.1 Å². The molecule has 0 saturated heterocycles. The summed E-state index contributed by atoms with van der Waals surface area (Å²) in [5.41, 5.74) is -0.669. The van der Waals surface area contributed by atoms with Gasteiger partial charge in [0.1, 0.15) is 10.3 Å². The number of carbonyl (C=O) groups is 1. The molecule has 1 rings (SSSR count). The zero-order valence-electron chi connectivity index (χ0n) is 10.1. The molecule has 1 aromatic carbocycles. The molecule has 0 aromatic heterocycles. The fraction of sp³-hybridized carbons (Fsp3) is 0.364. The van der Waals surface area contributed by atoms with Gasteiger partial charge in [-0.2, -0.15) is 0 Å². The van der Waals surface area contributed by atoms with Crippen LogP contribution in [-0.4, -0.2) is 20.4 Å². The van der Waals surface area contributed by atoms with E-state index in [2.05, 4.69) is 4.72 Å². The third-order valence-electron chi connectivity index (χ3n) is 2.07. The summed E-state index contributed by atoms with van der Waals surface area (Å²) < 4.78 is 27.4. The fourth-order valence-corrected chi connectivity index (χ4v) is 1.93. The second kappa shape index (κ2) is 5.34. The molecule has 18 heavy (non-hydrogen) atoms. The molecule has 0 aliphatic carbocycles. The highest BCUT2D eigenvalue weighted by Gasteiger charge is 2.29. The Morgan fingerprint density at radius 2 is 2.06 bits per heavy atom. The molecule has 0 heterocycles. The van der Waals surface area contributed by atoms with Crippen LogP contribution in [0.3, 0.4) is 0 Å². The van der Waals surface area contributed by atoms with Gasteiger partial charge >= 0.3 is 5.97 Å². The molecule has 0 radical (unpaired) electrons. The molecule has 0 amide bonds. The molecule has 0 aliphatic heterocycles. The number of hydrogen-bond acceptors (Lipinski definition) is 3. The van der Waals surface area contributed by atoms with Crippen molar-refractivity contribution in [1.29, 1.82) is 0 Å². The number of halogens is 2. The lowest BCUT2D eigenvalue weighted by atomic mass is 10.2. The SMILES string of the molecule is CC(C)(C)[S@@+]([O-])Nc1ccc(Cl)c(F)c1C(=O)O. The maximum Gasteiger partial charge on any atom is 0.341 e. The monoisotopic (exact) mass is 293 g/mol. The predicted molar refractivity (Wildman–Crippen MR) is 69.9 cm³/mol. The summed E-state index contributed by atoms with van der Waals surface area (Å²) in [6, 6.07) is 2.50. The standard InChI is InChI=1S/C11H13ClFNO3S/c1-11(2,3)18(17)14-7-5-4-6(12)9(13)8(7)10(15)16/h4-5,14H,1-3H3,(H,15,16)/t18-/m1/s1. The number of rotatable bonds is 3. The summed E-state index contributed by atoms with van der Waals surface area (Å²) in [6.45, 7) is 5.13. The van der Waals surface area contributed by atoms with Crippen molar-refractivity contribution in [1.82, 2.24) is 0 Å². The first-order chi connectivity index (χ1) is 8.14. The Bertz CT molecular complexity index is 476. The van der Waals surface area contributed by atoms with Crippen molar-refractivity contribution in [2.45, 2.75) is 25.5 Å². The van der Waals surface area contributed by atoms with Gasteiger partial charge in [-0.05, 0) is 32.9 Å². The van der Waals surface area contributed by atoms with E-state index in [1.165, 1.54) is 12.1 Å². The van der Waals surface area contributed by atoms with Crippen LogP contribution in [0.5, 0.6) is 0 Å². The Labute approximate surface area is 112 Å². The zero-order valence-corrected chi connectivity index (χ0v) is 11.7. The maximum absolute atomic E-state index is 13.6. The average molecular weight is 294 g/mol. The molecule has 4 nitrogen and oxygen atoms in total. The van der Waals surface area contributed by atoms with Gasteiger partial charge < -0.3 is 9.66 Å². The van der Waals surface area contributed by atoms with Gasteiger partial charge in [-0.15, -0.1) is 0 Å². The second-order valence-corrected chi connectivity index (χ2v) is 6.95. The fourth-order valence-electron chi connectivity index (χ4n) is 1.10. The molecule has 1 atom stereocenters. The Kier molecular flexibility index (Phi) is 4.47. The molecule has 100 valence electrons. The molecule has 0 saturated carbocycles. The van der Waals surface area contributed by atoms with E-state index in [-0.39, 0.29) is 10.7 Å². The third-order valence-corrected chi connectivity index (χ3v) is 3.88. The summed E-state index contributed by atoms with van der Waals surface area (Å²) in [6.07, 6.45) is 0. The molecule has 0 bridgehead atoms. The van der Waals surface area contributed by atoms with E-state index in [1.54, 1.807) is 20.8 Å². The first kappa shape index (κ1) is 15.1. The summed E-state index contributed by atoms with van der Waals surface area (Å²) >= 11 is 3.96. The second-order valence-electron chi connectivity index (χ2n) is 4.57. The average Bonchev–Trinajstić information content (AvgIpc) is 2.21. The molecule has 0 aliphatic rings. The van der Waals surface area contributed by atoms with E-state index < -0.39 is 33.5 Å². The van der Waals surface area contributed by atoms with Crippen molar-refractivity contribution in [3.8, 4) is 0 Å². The lowest BCUT2D eigenvalue weighted by Gasteiger charge is -2.24. The van der Waals surface area contributed by atoms with Crippen LogP contribution in [0.2, 0.25) is 5.02 Å². The number of aromatic carboxylic acids is 1. The van der Waals surface area contributed by atoms with Crippen molar-refractivity contribution in [2.24, 2.45) is 0 Å². The van der Waals surface area contributed by atoms with Gasteiger partial charge in [-0.3, -0.25) is 0 Å². The molecule has 0 spiro atoms. The van der Waals surface area contributed by atoms with Crippen LogP contribution in [0.25, 0.3) is 0 Å². The quantitative estimate of drug-likeness (QED) is 0.840. The normalized spacial score (nSPS) is 13.2. The Morgan fingerprint density at radius 1 is 1.50 bits per heavy atom. The van der Waals surface area contributed by atoms with Crippen molar-refractivity contribution in [2.75, 3.05) is 4.72 Å². The highest BCUT2D eigenvalue weighted by atomic mass is 35.5. The smallest absolute Gasteiger partial charge is 0.341 e. The van der Waals surface area contributed by atoms with E-state index in [9.17, 15) is 13.7 Å². The summed E-state index contributed by atoms with van der Waals surface area (Å²) in [5.74, 6) is -2.51. The van der Waals surface area contributed by atoms with Gasteiger partial charge in [0.25, 0.3) is 0 Å². The molecule has 7 heteroatoms. The van der Waals surface area contributed by atoms with Crippen LogP contribution in [0.1, 0.15) is 31.1 Å². The Hall–Kier alpha value is -0.980. The molecular formula is C11H13ClFNO3S. The predicted octanol–water partition coefficient (Wildman–Crippen LogP) is 3.05. The third kappa shape index (κ3) is 3.28. The summed E-state index contributed by atoms with van der Waals surface area (Å²) in [4.78, 5) is 11.0. The van der Waals surface area contributed by atoms with Crippen LogP contribution < -0.4 is 4.72 Å². The van der Waals surface area contributed by atoms with Crippen molar-refractivity contribution in [3.63, 3.8) is 0 Å². The van der Waals surface area contributed by atoms with E-state index >= 15 is 0 Å². The van der Waals surface area contributed by atoms with Gasteiger partial charge in [0.05, 0.1) is 22.1 Å². The number of hydrogen-bond donors (Lipinski definition) is 2. The lowest BCUT2D eigenvalue weighted by molar-refractivity contribution is 0.0693. The van der Waals surface area contributed by atoms with E-state index in [1.807, 2.05) is 0 Å². The van der Waals surface area contributed by atoms with Gasteiger partial charge in [0.2, 0.25) is 0 Å². The van der Waals surface area contributed by atoms with Crippen molar-refractivity contribution in [3.05, 3.63) is 28.5 Å². The maximum atomic E-state index is 13.6. The van der Waals surface area contributed by atoms with E-state index in [4.69, 9.17) is 16.7 Å². The number of carboxylic acids is 1. The first-order valence-electron chi connectivity index (χ1n) is 5.04. The van der Waals surface area contributed by atoms with Crippen molar-refractivity contribution >= 4 is 34.6 Å². The topological polar surface area (TPSA) is 72.4 Å². The van der Waals surface area contributed by atoms with Crippen LogP contribution in [0, 0.1) is 5.82 Å². The molecule has 2 N–H and O–H groups in total. The molecule has 0 fully saturated rings. The number of carboxylic acid groups (broad SMARTS) is 1. The highest BCUT2D eigenvalue weighted by Crippen LogP contribution is 2.28. The molecule has 1 aromatic rings. The van der Waals surface area contributed by atoms with Crippen LogP contribution >= 0.6 is 11.6 Å². The lowest BCUT2D eigenvalue weighted by Crippen LogP contribution is -2.34. The number of benzene rings is 1. The van der Waals surface area contributed by atoms with Crippen molar-refractivity contribution < 1.29 is 18.8 Å². The van der Waals surface area contributed by atoms with Gasteiger partial charge in [-0.1, -0.05) is 11.6 Å².